The lowest BCUT2D eigenvalue weighted by Crippen LogP contribution is -2.23. The number of carbonyl (C=O) groups is 1. The third-order valence-corrected chi connectivity index (χ3v) is 3.03. The van der Waals surface area contributed by atoms with Crippen molar-refractivity contribution in [1.82, 2.24) is 20.4 Å². The monoisotopic (exact) mass is 268 g/mol. The van der Waals surface area contributed by atoms with Crippen LogP contribution in [0.1, 0.15) is 22.4 Å². The van der Waals surface area contributed by atoms with Crippen LogP contribution in [-0.2, 0) is 6.54 Å². The molecule has 0 bridgehead atoms. The average molecular weight is 268 g/mol. The molecule has 0 aliphatic rings. The number of hydrogen-bond acceptors (Lipinski definition) is 8. The van der Waals surface area contributed by atoms with Gasteiger partial charge in [-0.2, -0.15) is 4.98 Å². The second kappa shape index (κ2) is 5.45. The Morgan fingerprint density at radius 3 is 3.11 bits per heavy atom. The van der Waals surface area contributed by atoms with E-state index in [-0.39, 0.29) is 18.3 Å². The normalized spacial score (nSPS) is 10.3. The van der Waals surface area contributed by atoms with Gasteiger partial charge in [0.25, 0.3) is 5.91 Å². The van der Waals surface area contributed by atoms with E-state index in [4.69, 9.17) is 5.73 Å². The van der Waals surface area contributed by atoms with Gasteiger partial charge < -0.3 is 20.9 Å². The summed E-state index contributed by atoms with van der Waals surface area (Å²) in [6.45, 7) is 2.84. The summed E-state index contributed by atoms with van der Waals surface area (Å²) in [7, 11) is 0. The summed E-state index contributed by atoms with van der Waals surface area (Å²) in [5.74, 6) is 0.304. The molecule has 9 heteroatoms. The van der Waals surface area contributed by atoms with Crippen LogP contribution in [0.4, 0.5) is 10.9 Å². The molecule has 0 unspecified atom stereocenters. The van der Waals surface area contributed by atoms with Crippen molar-refractivity contribution >= 4 is 28.2 Å². The van der Waals surface area contributed by atoms with Crippen LogP contribution in [0, 0.1) is 0 Å². The van der Waals surface area contributed by atoms with Gasteiger partial charge in [-0.15, -0.1) is 0 Å². The number of aromatic nitrogens is 3. The zero-order valence-corrected chi connectivity index (χ0v) is 10.5. The summed E-state index contributed by atoms with van der Waals surface area (Å²) in [5.41, 5.74) is 5.67. The van der Waals surface area contributed by atoms with Crippen molar-refractivity contribution in [2.24, 2.45) is 0 Å². The third-order valence-electron chi connectivity index (χ3n) is 2.00. The molecule has 0 saturated carbocycles. The van der Waals surface area contributed by atoms with Gasteiger partial charge in [-0.05, 0) is 6.92 Å². The summed E-state index contributed by atoms with van der Waals surface area (Å²) in [6.07, 6.45) is 1.20. The molecule has 96 valence electrons. The minimum absolute atomic E-state index is 0.184. The summed E-state index contributed by atoms with van der Waals surface area (Å²) < 4.78 is 4.56. The van der Waals surface area contributed by atoms with Crippen LogP contribution in [0.25, 0.3) is 0 Å². The van der Waals surface area contributed by atoms with Gasteiger partial charge in [-0.1, -0.05) is 16.5 Å². The number of thiazole rings is 1. The molecule has 2 rings (SSSR count). The van der Waals surface area contributed by atoms with E-state index in [0.717, 1.165) is 6.54 Å². The van der Waals surface area contributed by atoms with Crippen molar-refractivity contribution in [3.05, 3.63) is 17.1 Å². The summed E-state index contributed by atoms with van der Waals surface area (Å²) in [5, 5.41) is 9.84. The minimum atomic E-state index is -0.307. The molecule has 2 aromatic rings. The fraction of sp³-hybridized carbons (Fsp3) is 0.333. The van der Waals surface area contributed by atoms with Crippen molar-refractivity contribution in [3.8, 4) is 0 Å². The van der Waals surface area contributed by atoms with E-state index >= 15 is 0 Å². The number of nitrogens with one attached hydrogen (secondary N) is 2. The molecule has 0 saturated heterocycles. The molecule has 4 N–H and O–H groups in total. The second-order valence-corrected chi connectivity index (χ2v) is 4.29. The maximum absolute atomic E-state index is 11.8. The predicted octanol–water partition coefficient (Wildman–Crippen LogP) is 0.470. The molecule has 0 atom stereocenters. The highest BCUT2D eigenvalue weighted by Crippen LogP contribution is 2.24. The Morgan fingerprint density at radius 1 is 1.61 bits per heavy atom. The number of hydrogen-bond donors (Lipinski definition) is 3. The SMILES string of the molecule is CCNc1nc(N)c(C(=O)NCc2ncon2)s1. The number of nitrogens with two attached hydrogens (primary N) is 1. The van der Waals surface area contributed by atoms with E-state index in [1.54, 1.807) is 0 Å². The molecular formula is C9H12N6O2S. The number of amides is 1. The fourth-order valence-corrected chi connectivity index (χ4v) is 2.10. The quantitative estimate of drug-likeness (QED) is 0.721. The van der Waals surface area contributed by atoms with Crippen LogP contribution in [0.15, 0.2) is 10.9 Å². The molecule has 0 aliphatic carbocycles. The molecule has 2 heterocycles. The van der Waals surface area contributed by atoms with Crippen LogP contribution < -0.4 is 16.4 Å². The Labute approximate surface area is 107 Å². The van der Waals surface area contributed by atoms with Crippen LogP contribution in [0.3, 0.4) is 0 Å². The Hall–Kier alpha value is -2.16. The number of nitrogens with zero attached hydrogens (tertiary/aromatic N) is 3. The summed E-state index contributed by atoms with van der Waals surface area (Å²) >= 11 is 1.21. The van der Waals surface area contributed by atoms with Crippen molar-refractivity contribution in [2.75, 3.05) is 17.6 Å². The Morgan fingerprint density at radius 2 is 2.44 bits per heavy atom. The first-order chi connectivity index (χ1) is 8.70. The Balaban J connectivity index is 2.00. The van der Waals surface area contributed by atoms with Gasteiger partial charge in [0.2, 0.25) is 6.39 Å². The standard InChI is InChI=1S/C9H12N6O2S/c1-2-11-9-14-7(10)6(18-9)8(16)12-3-5-13-4-17-15-5/h4H,2-3,10H2,1H3,(H,11,14)(H,12,16). The van der Waals surface area contributed by atoms with Crippen molar-refractivity contribution in [1.29, 1.82) is 0 Å². The summed E-state index contributed by atoms with van der Waals surface area (Å²) in [6, 6.07) is 0. The highest BCUT2D eigenvalue weighted by Gasteiger charge is 2.16. The first kappa shape index (κ1) is 12.3. The van der Waals surface area contributed by atoms with Crippen molar-refractivity contribution in [2.45, 2.75) is 13.5 Å². The molecule has 0 fully saturated rings. The molecule has 18 heavy (non-hydrogen) atoms. The third kappa shape index (κ3) is 2.74. The van der Waals surface area contributed by atoms with Crippen LogP contribution in [0.2, 0.25) is 0 Å². The molecule has 0 radical (unpaired) electrons. The first-order valence-electron chi connectivity index (χ1n) is 5.24. The van der Waals surface area contributed by atoms with E-state index in [2.05, 4.69) is 30.3 Å². The van der Waals surface area contributed by atoms with E-state index in [0.29, 0.717) is 15.8 Å². The van der Waals surface area contributed by atoms with Crippen LogP contribution >= 0.6 is 11.3 Å². The van der Waals surface area contributed by atoms with Crippen molar-refractivity contribution in [3.63, 3.8) is 0 Å². The van der Waals surface area contributed by atoms with Gasteiger partial charge >= 0.3 is 0 Å². The van der Waals surface area contributed by atoms with Crippen LogP contribution in [-0.4, -0.2) is 27.6 Å². The molecule has 1 amide bonds. The number of anilines is 2. The molecule has 0 aromatic carbocycles. The lowest BCUT2D eigenvalue weighted by atomic mass is 10.4. The second-order valence-electron chi connectivity index (χ2n) is 3.29. The number of carbonyl (C=O) groups excluding carboxylic acids is 1. The lowest BCUT2D eigenvalue weighted by molar-refractivity contribution is 0.0954. The largest absolute Gasteiger partial charge is 0.382 e. The topological polar surface area (TPSA) is 119 Å². The van der Waals surface area contributed by atoms with Gasteiger partial charge in [0.15, 0.2) is 11.0 Å². The first-order valence-corrected chi connectivity index (χ1v) is 6.06. The van der Waals surface area contributed by atoms with E-state index in [1.807, 2.05) is 6.92 Å². The number of nitrogen functional groups attached to an aromatic ring is 1. The molecule has 0 aliphatic heterocycles. The molecule has 0 spiro atoms. The zero-order valence-electron chi connectivity index (χ0n) is 9.64. The Bertz CT molecular complexity index is 523. The zero-order chi connectivity index (χ0) is 13.0. The summed E-state index contributed by atoms with van der Waals surface area (Å²) in [4.78, 5) is 20.0. The minimum Gasteiger partial charge on any atom is -0.382 e. The predicted molar refractivity (Wildman–Crippen MR) is 66.2 cm³/mol. The van der Waals surface area contributed by atoms with E-state index in [9.17, 15) is 4.79 Å². The molecule has 2 aromatic heterocycles. The Kier molecular flexibility index (Phi) is 3.72. The average Bonchev–Trinajstić information content (AvgIpc) is 2.96. The maximum Gasteiger partial charge on any atom is 0.265 e. The van der Waals surface area contributed by atoms with Gasteiger partial charge in [0.1, 0.15) is 10.7 Å². The van der Waals surface area contributed by atoms with Crippen LogP contribution in [0.5, 0.6) is 0 Å². The highest BCUT2D eigenvalue weighted by atomic mass is 32.1. The smallest absolute Gasteiger partial charge is 0.265 e. The highest BCUT2D eigenvalue weighted by molar-refractivity contribution is 7.18. The van der Waals surface area contributed by atoms with Crippen molar-refractivity contribution < 1.29 is 9.32 Å². The molecule has 8 nitrogen and oxygen atoms in total. The van der Waals surface area contributed by atoms with Gasteiger partial charge in [0, 0.05) is 6.54 Å². The van der Waals surface area contributed by atoms with Gasteiger partial charge in [-0.3, -0.25) is 4.79 Å². The number of rotatable bonds is 5. The van der Waals surface area contributed by atoms with E-state index < -0.39 is 0 Å². The van der Waals surface area contributed by atoms with Gasteiger partial charge in [-0.25, -0.2) is 4.98 Å². The molecular weight excluding hydrogens is 256 g/mol. The van der Waals surface area contributed by atoms with E-state index in [1.165, 1.54) is 17.7 Å². The maximum atomic E-state index is 11.8. The fourth-order valence-electron chi connectivity index (χ4n) is 1.23. The van der Waals surface area contributed by atoms with Gasteiger partial charge in [0.05, 0.1) is 6.54 Å². The lowest BCUT2D eigenvalue weighted by Gasteiger charge is -1.99.